The molecule has 1 unspecified atom stereocenters. The average Bonchev–Trinajstić information content (AvgIpc) is 2.31. The molecule has 0 aromatic rings. The van der Waals surface area contributed by atoms with Crippen LogP contribution in [0, 0.1) is 11.3 Å². The maximum atomic E-state index is 6.20. The highest BCUT2D eigenvalue weighted by Gasteiger charge is 2.36. The fourth-order valence-corrected chi connectivity index (χ4v) is 1.93. The lowest BCUT2D eigenvalue weighted by molar-refractivity contribution is 0.127. The van der Waals surface area contributed by atoms with E-state index < -0.39 is 0 Å². The summed E-state index contributed by atoms with van der Waals surface area (Å²) in [6.07, 6.45) is 1.35. The Labute approximate surface area is 88.8 Å². The quantitative estimate of drug-likeness (QED) is 0.752. The van der Waals surface area contributed by atoms with E-state index in [1.165, 1.54) is 19.5 Å². The molecular weight excluding hydrogens is 172 g/mol. The molecule has 0 aliphatic carbocycles. The van der Waals surface area contributed by atoms with E-state index in [0.29, 0.717) is 0 Å². The van der Waals surface area contributed by atoms with Crippen molar-refractivity contribution < 1.29 is 0 Å². The largest absolute Gasteiger partial charge is 0.325 e. The van der Waals surface area contributed by atoms with Crippen molar-refractivity contribution in [3.63, 3.8) is 0 Å². The average molecular weight is 198 g/mol. The van der Waals surface area contributed by atoms with E-state index in [4.69, 9.17) is 5.73 Å². The lowest BCUT2D eigenvalue weighted by atomic mass is 9.75. The van der Waals surface area contributed by atoms with Crippen molar-refractivity contribution in [2.45, 2.75) is 46.6 Å². The van der Waals surface area contributed by atoms with Crippen molar-refractivity contribution in [3.05, 3.63) is 0 Å². The van der Waals surface area contributed by atoms with Gasteiger partial charge in [-0.3, -0.25) is 0 Å². The third-order valence-electron chi connectivity index (χ3n) is 3.87. The van der Waals surface area contributed by atoms with Crippen molar-refractivity contribution in [2.24, 2.45) is 17.1 Å². The van der Waals surface area contributed by atoms with E-state index in [1.54, 1.807) is 0 Å². The van der Waals surface area contributed by atoms with Crippen LogP contribution in [0.25, 0.3) is 0 Å². The Kier molecular flexibility index (Phi) is 3.27. The predicted octanol–water partition coefficient (Wildman–Crippen LogP) is 2.09. The summed E-state index contributed by atoms with van der Waals surface area (Å²) in [5.74, 6) is 0.867. The molecule has 14 heavy (non-hydrogen) atoms. The molecule has 0 bridgehead atoms. The van der Waals surface area contributed by atoms with Crippen LogP contribution in [-0.4, -0.2) is 30.1 Å². The van der Waals surface area contributed by atoms with Crippen LogP contribution >= 0.6 is 0 Å². The summed E-state index contributed by atoms with van der Waals surface area (Å²) >= 11 is 0. The Morgan fingerprint density at radius 1 is 1.29 bits per heavy atom. The first-order valence-corrected chi connectivity index (χ1v) is 5.73. The molecule has 1 saturated heterocycles. The Morgan fingerprint density at radius 2 is 1.86 bits per heavy atom. The van der Waals surface area contributed by atoms with Gasteiger partial charge < -0.3 is 10.6 Å². The first-order valence-electron chi connectivity index (χ1n) is 5.73. The number of rotatable bonds is 3. The zero-order valence-corrected chi connectivity index (χ0v) is 10.4. The second kappa shape index (κ2) is 3.82. The van der Waals surface area contributed by atoms with Crippen molar-refractivity contribution in [2.75, 3.05) is 19.6 Å². The van der Waals surface area contributed by atoms with E-state index in [9.17, 15) is 0 Å². The van der Waals surface area contributed by atoms with E-state index in [0.717, 1.165) is 12.5 Å². The van der Waals surface area contributed by atoms with E-state index in [1.807, 2.05) is 0 Å². The van der Waals surface area contributed by atoms with Gasteiger partial charge in [0.2, 0.25) is 0 Å². The van der Waals surface area contributed by atoms with Crippen molar-refractivity contribution in [1.82, 2.24) is 4.90 Å². The van der Waals surface area contributed by atoms with Crippen molar-refractivity contribution in [1.29, 1.82) is 0 Å². The van der Waals surface area contributed by atoms with Crippen LogP contribution in [0.5, 0.6) is 0 Å². The van der Waals surface area contributed by atoms with Crippen LogP contribution in [0.1, 0.15) is 41.0 Å². The lowest BCUT2D eigenvalue weighted by Gasteiger charge is -2.41. The molecule has 1 aliphatic heterocycles. The molecule has 1 heterocycles. The SMILES string of the molecule is CC1CCN(CC(C)(C)C(C)(C)N)C1. The smallest absolute Gasteiger partial charge is 0.0161 e. The summed E-state index contributed by atoms with van der Waals surface area (Å²) in [7, 11) is 0. The van der Waals surface area contributed by atoms with Crippen molar-refractivity contribution >= 4 is 0 Å². The van der Waals surface area contributed by atoms with Crippen LogP contribution in [-0.2, 0) is 0 Å². The van der Waals surface area contributed by atoms with Gasteiger partial charge in [0.1, 0.15) is 0 Å². The number of hydrogen-bond donors (Lipinski definition) is 1. The number of hydrogen-bond acceptors (Lipinski definition) is 2. The summed E-state index contributed by atoms with van der Waals surface area (Å²) in [4.78, 5) is 2.55. The Morgan fingerprint density at radius 3 is 2.21 bits per heavy atom. The molecule has 0 aromatic heterocycles. The molecule has 1 atom stereocenters. The van der Waals surface area contributed by atoms with Gasteiger partial charge in [-0.15, -0.1) is 0 Å². The van der Waals surface area contributed by atoms with Gasteiger partial charge in [0, 0.05) is 18.6 Å². The van der Waals surface area contributed by atoms with Gasteiger partial charge in [-0.25, -0.2) is 0 Å². The van der Waals surface area contributed by atoms with Crippen LogP contribution < -0.4 is 5.73 Å². The molecule has 0 spiro atoms. The normalized spacial score (nSPS) is 25.7. The highest BCUT2D eigenvalue weighted by atomic mass is 15.2. The number of likely N-dealkylation sites (tertiary alicyclic amines) is 1. The Bertz CT molecular complexity index is 191. The van der Waals surface area contributed by atoms with Gasteiger partial charge in [-0.1, -0.05) is 20.8 Å². The molecule has 2 heteroatoms. The van der Waals surface area contributed by atoms with E-state index in [2.05, 4.69) is 39.5 Å². The van der Waals surface area contributed by atoms with Crippen LogP contribution in [0.15, 0.2) is 0 Å². The predicted molar refractivity (Wildman–Crippen MR) is 62.3 cm³/mol. The van der Waals surface area contributed by atoms with Gasteiger partial charge in [0.15, 0.2) is 0 Å². The maximum Gasteiger partial charge on any atom is 0.0161 e. The summed E-state index contributed by atoms with van der Waals surface area (Å²) in [6.45, 7) is 14.8. The minimum absolute atomic E-state index is 0.0984. The molecule has 0 saturated carbocycles. The summed E-state index contributed by atoms with van der Waals surface area (Å²) < 4.78 is 0. The highest BCUT2D eigenvalue weighted by molar-refractivity contribution is 4.93. The van der Waals surface area contributed by atoms with E-state index in [-0.39, 0.29) is 11.0 Å². The van der Waals surface area contributed by atoms with Gasteiger partial charge >= 0.3 is 0 Å². The monoisotopic (exact) mass is 198 g/mol. The van der Waals surface area contributed by atoms with Crippen LogP contribution in [0.4, 0.5) is 0 Å². The van der Waals surface area contributed by atoms with Crippen LogP contribution in [0.3, 0.4) is 0 Å². The second-order valence-electron chi connectivity index (χ2n) is 6.23. The fraction of sp³-hybridized carbons (Fsp3) is 1.00. The molecule has 0 amide bonds. The Hall–Kier alpha value is -0.0800. The van der Waals surface area contributed by atoms with Gasteiger partial charge in [0.05, 0.1) is 0 Å². The maximum absolute atomic E-state index is 6.20. The summed E-state index contributed by atoms with van der Waals surface area (Å²) in [5.41, 5.74) is 6.29. The van der Waals surface area contributed by atoms with Gasteiger partial charge in [0.25, 0.3) is 0 Å². The zero-order valence-electron chi connectivity index (χ0n) is 10.4. The molecular formula is C12H26N2. The summed E-state index contributed by atoms with van der Waals surface area (Å²) in [5, 5.41) is 0. The lowest BCUT2D eigenvalue weighted by Crippen LogP contribution is -2.52. The third-order valence-corrected chi connectivity index (χ3v) is 3.87. The standard InChI is InChI=1S/C12H26N2/c1-10-6-7-14(8-10)9-11(2,3)12(4,5)13/h10H,6-9,13H2,1-5H3. The summed E-state index contributed by atoms with van der Waals surface area (Å²) in [6, 6.07) is 0. The third kappa shape index (κ3) is 2.71. The molecule has 2 N–H and O–H groups in total. The highest BCUT2D eigenvalue weighted by Crippen LogP contribution is 2.31. The minimum Gasteiger partial charge on any atom is -0.325 e. The number of nitrogens with two attached hydrogens (primary N) is 1. The zero-order chi connectivity index (χ0) is 11.0. The molecule has 1 rings (SSSR count). The molecule has 2 nitrogen and oxygen atoms in total. The molecule has 1 aliphatic rings. The van der Waals surface area contributed by atoms with Crippen molar-refractivity contribution in [3.8, 4) is 0 Å². The first kappa shape index (κ1) is 12.0. The first-order chi connectivity index (χ1) is 6.22. The minimum atomic E-state index is -0.0984. The molecule has 84 valence electrons. The van der Waals surface area contributed by atoms with Gasteiger partial charge in [-0.2, -0.15) is 0 Å². The Balaban J connectivity index is 2.51. The topological polar surface area (TPSA) is 29.3 Å². The second-order valence-corrected chi connectivity index (χ2v) is 6.23. The molecule has 0 radical (unpaired) electrons. The van der Waals surface area contributed by atoms with E-state index >= 15 is 0 Å². The number of nitrogens with zero attached hydrogens (tertiary/aromatic N) is 1. The van der Waals surface area contributed by atoms with Crippen LogP contribution in [0.2, 0.25) is 0 Å². The van der Waals surface area contributed by atoms with Gasteiger partial charge in [-0.05, 0) is 38.1 Å². The molecule has 0 aromatic carbocycles. The fourth-order valence-electron chi connectivity index (χ4n) is 1.93. The molecule has 1 fully saturated rings.